The van der Waals surface area contributed by atoms with Gasteiger partial charge in [-0.1, -0.05) is 19.1 Å². The topological polar surface area (TPSA) is 32.9 Å². The van der Waals surface area contributed by atoms with Crippen LogP contribution in [0.5, 0.6) is 0 Å². The van der Waals surface area contributed by atoms with Crippen molar-refractivity contribution in [3.63, 3.8) is 0 Å². The molecule has 0 aliphatic heterocycles. The molecule has 2 heteroatoms. The average Bonchev–Trinajstić information content (AvgIpc) is 2.18. The molecule has 0 saturated carbocycles. The largest absolute Gasteiger partial charge is 0.329 e. The Morgan fingerprint density at radius 1 is 1.23 bits per heavy atom. The van der Waals surface area contributed by atoms with Crippen molar-refractivity contribution in [2.24, 2.45) is 0 Å². The van der Waals surface area contributed by atoms with Gasteiger partial charge in [-0.2, -0.15) is 0 Å². The molecule has 0 spiro atoms. The second-order valence-electron chi connectivity index (χ2n) is 3.04. The van der Waals surface area contributed by atoms with Gasteiger partial charge >= 0.3 is 0 Å². The number of pyridine rings is 1. The molecule has 66 valence electrons. The molecule has 2 aromatic rings. The van der Waals surface area contributed by atoms with Gasteiger partial charge < -0.3 is 4.98 Å². The molecule has 0 aliphatic rings. The van der Waals surface area contributed by atoms with E-state index in [2.05, 4.69) is 18.0 Å². The van der Waals surface area contributed by atoms with Crippen LogP contribution in [0.3, 0.4) is 0 Å². The lowest BCUT2D eigenvalue weighted by molar-refractivity contribution is 1.15. The molecule has 0 fully saturated rings. The SMILES string of the molecule is CCc1cccc2c(=O)[nH]ccc12. The van der Waals surface area contributed by atoms with E-state index in [1.165, 1.54) is 5.56 Å². The molecule has 1 aromatic heterocycles. The normalized spacial score (nSPS) is 10.5. The van der Waals surface area contributed by atoms with Gasteiger partial charge in [-0.15, -0.1) is 0 Å². The number of H-pyrrole nitrogens is 1. The van der Waals surface area contributed by atoms with Gasteiger partial charge in [0.05, 0.1) is 0 Å². The second kappa shape index (κ2) is 3.05. The average molecular weight is 173 g/mol. The molecule has 2 nitrogen and oxygen atoms in total. The van der Waals surface area contributed by atoms with Crippen LogP contribution in [0, 0.1) is 0 Å². The first kappa shape index (κ1) is 8.05. The Morgan fingerprint density at radius 2 is 2.08 bits per heavy atom. The first-order valence-corrected chi connectivity index (χ1v) is 4.42. The highest BCUT2D eigenvalue weighted by Gasteiger charge is 2.00. The van der Waals surface area contributed by atoms with Crippen LogP contribution in [0.25, 0.3) is 10.8 Å². The van der Waals surface area contributed by atoms with Crippen molar-refractivity contribution in [2.75, 3.05) is 0 Å². The maximum Gasteiger partial charge on any atom is 0.255 e. The summed E-state index contributed by atoms with van der Waals surface area (Å²) >= 11 is 0. The third-order valence-electron chi connectivity index (χ3n) is 2.29. The van der Waals surface area contributed by atoms with E-state index >= 15 is 0 Å². The number of fused-ring (bicyclic) bond motifs is 1. The van der Waals surface area contributed by atoms with E-state index in [1.807, 2.05) is 18.2 Å². The summed E-state index contributed by atoms with van der Waals surface area (Å²) in [5, 5.41) is 1.84. The lowest BCUT2D eigenvalue weighted by Gasteiger charge is -2.01. The molecule has 0 aliphatic carbocycles. The van der Waals surface area contributed by atoms with Gasteiger partial charge in [0.15, 0.2) is 0 Å². The predicted octanol–water partition coefficient (Wildman–Crippen LogP) is 2.09. The highest BCUT2D eigenvalue weighted by molar-refractivity contribution is 5.84. The fraction of sp³-hybridized carbons (Fsp3) is 0.182. The molecule has 0 radical (unpaired) electrons. The standard InChI is InChI=1S/C11H11NO/c1-2-8-4-3-5-10-9(8)6-7-12-11(10)13/h3-7H,2H2,1H3,(H,12,13). The molecule has 2 rings (SSSR count). The molecule has 13 heavy (non-hydrogen) atoms. The van der Waals surface area contributed by atoms with Crippen molar-refractivity contribution >= 4 is 10.8 Å². The molecule has 0 bridgehead atoms. The maximum atomic E-state index is 11.4. The van der Waals surface area contributed by atoms with E-state index in [-0.39, 0.29) is 5.56 Å². The van der Waals surface area contributed by atoms with Crippen LogP contribution in [0.15, 0.2) is 35.3 Å². The van der Waals surface area contributed by atoms with Gasteiger partial charge in [0.1, 0.15) is 0 Å². The van der Waals surface area contributed by atoms with Crippen molar-refractivity contribution in [2.45, 2.75) is 13.3 Å². The zero-order valence-corrected chi connectivity index (χ0v) is 7.50. The van der Waals surface area contributed by atoms with Crippen molar-refractivity contribution < 1.29 is 0 Å². The highest BCUT2D eigenvalue weighted by Crippen LogP contribution is 2.14. The van der Waals surface area contributed by atoms with E-state index in [0.717, 1.165) is 17.2 Å². The van der Waals surface area contributed by atoms with Crippen LogP contribution in [-0.2, 0) is 6.42 Å². The summed E-state index contributed by atoms with van der Waals surface area (Å²) in [6.07, 6.45) is 2.66. The summed E-state index contributed by atoms with van der Waals surface area (Å²) in [6.45, 7) is 2.09. The van der Waals surface area contributed by atoms with Crippen molar-refractivity contribution in [1.82, 2.24) is 4.98 Å². The van der Waals surface area contributed by atoms with Gasteiger partial charge in [-0.25, -0.2) is 0 Å². The number of hydrogen-bond acceptors (Lipinski definition) is 1. The monoisotopic (exact) mass is 173 g/mol. The molecule has 0 saturated heterocycles. The van der Waals surface area contributed by atoms with Crippen LogP contribution in [-0.4, -0.2) is 4.98 Å². The summed E-state index contributed by atoms with van der Waals surface area (Å²) in [5.41, 5.74) is 1.22. The molecule has 0 atom stereocenters. The Morgan fingerprint density at radius 3 is 2.85 bits per heavy atom. The quantitative estimate of drug-likeness (QED) is 0.703. The van der Waals surface area contributed by atoms with Crippen LogP contribution in [0.4, 0.5) is 0 Å². The number of aryl methyl sites for hydroxylation is 1. The lowest BCUT2D eigenvalue weighted by Crippen LogP contribution is -2.04. The molecule has 1 heterocycles. The van der Waals surface area contributed by atoms with Crippen LogP contribution >= 0.6 is 0 Å². The molecular formula is C11H11NO. The zero-order chi connectivity index (χ0) is 9.26. The minimum absolute atomic E-state index is 0.00667. The van der Waals surface area contributed by atoms with E-state index in [1.54, 1.807) is 6.20 Å². The molecule has 1 N–H and O–H groups in total. The first-order chi connectivity index (χ1) is 6.33. The number of aromatic amines is 1. The minimum Gasteiger partial charge on any atom is -0.329 e. The number of aromatic nitrogens is 1. The maximum absolute atomic E-state index is 11.4. The number of rotatable bonds is 1. The Kier molecular flexibility index (Phi) is 1.89. The Hall–Kier alpha value is -1.57. The van der Waals surface area contributed by atoms with E-state index < -0.39 is 0 Å². The fourth-order valence-corrected chi connectivity index (χ4v) is 1.59. The van der Waals surface area contributed by atoms with Crippen LogP contribution in [0.1, 0.15) is 12.5 Å². The number of nitrogens with one attached hydrogen (secondary N) is 1. The van der Waals surface area contributed by atoms with Crippen molar-refractivity contribution in [3.8, 4) is 0 Å². The van der Waals surface area contributed by atoms with Crippen LogP contribution < -0.4 is 5.56 Å². The second-order valence-corrected chi connectivity index (χ2v) is 3.04. The Balaban J connectivity index is 2.92. The number of benzene rings is 1. The summed E-state index contributed by atoms with van der Waals surface area (Å²) in [6, 6.07) is 7.79. The summed E-state index contributed by atoms with van der Waals surface area (Å²) < 4.78 is 0. The molecular weight excluding hydrogens is 162 g/mol. The zero-order valence-electron chi connectivity index (χ0n) is 7.50. The Bertz CT molecular complexity index is 485. The van der Waals surface area contributed by atoms with Gasteiger partial charge in [-0.05, 0) is 29.5 Å². The van der Waals surface area contributed by atoms with Crippen LogP contribution in [0.2, 0.25) is 0 Å². The predicted molar refractivity (Wildman–Crippen MR) is 53.9 cm³/mol. The summed E-state index contributed by atoms with van der Waals surface area (Å²) in [7, 11) is 0. The van der Waals surface area contributed by atoms with Gasteiger partial charge in [0.25, 0.3) is 5.56 Å². The fourth-order valence-electron chi connectivity index (χ4n) is 1.59. The van der Waals surface area contributed by atoms with Gasteiger partial charge in [0, 0.05) is 11.6 Å². The lowest BCUT2D eigenvalue weighted by atomic mass is 10.0. The third kappa shape index (κ3) is 1.24. The summed E-state index contributed by atoms with van der Waals surface area (Å²) in [5.74, 6) is 0. The summed E-state index contributed by atoms with van der Waals surface area (Å²) in [4.78, 5) is 14.1. The first-order valence-electron chi connectivity index (χ1n) is 4.42. The van der Waals surface area contributed by atoms with E-state index in [0.29, 0.717) is 0 Å². The van der Waals surface area contributed by atoms with E-state index in [9.17, 15) is 4.79 Å². The third-order valence-corrected chi connectivity index (χ3v) is 2.29. The van der Waals surface area contributed by atoms with Crippen molar-refractivity contribution in [1.29, 1.82) is 0 Å². The van der Waals surface area contributed by atoms with Gasteiger partial charge in [-0.3, -0.25) is 4.79 Å². The minimum atomic E-state index is -0.00667. The molecule has 0 unspecified atom stereocenters. The van der Waals surface area contributed by atoms with Crippen molar-refractivity contribution in [3.05, 3.63) is 46.4 Å². The molecule has 0 amide bonds. The smallest absolute Gasteiger partial charge is 0.255 e. The molecule has 1 aromatic carbocycles. The highest BCUT2D eigenvalue weighted by atomic mass is 16.1. The van der Waals surface area contributed by atoms with E-state index in [4.69, 9.17) is 0 Å². The Labute approximate surface area is 76.2 Å². The number of hydrogen-bond donors (Lipinski definition) is 1. The van der Waals surface area contributed by atoms with Gasteiger partial charge in [0.2, 0.25) is 0 Å².